The summed E-state index contributed by atoms with van der Waals surface area (Å²) in [4.78, 5) is 4.69. The zero-order chi connectivity index (χ0) is 16.6. The van der Waals surface area contributed by atoms with Crippen LogP contribution in [0.2, 0.25) is 5.02 Å². The van der Waals surface area contributed by atoms with E-state index in [4.69, 9.17) is 11.6 Å². The predicted octanol–water partition coefficient (Wildman–Crippen LogP) is 3.84. The van der Waals surface area contributed by atoms with Crippen molar-refractivity contribution in [3.8, 4) is 0 Å². The smallest absolute Gasteiger partial charge is 0.178 e. The van der Waals surface area contributed by atoms with Crippen LogP contribution in [0.4, 0.5) is 0 Å². The van der Waals surface area contributed by atoms with Crippen molar-refractivity contribution in [2.45, 2.75) is 25.3 Å². The molecule has 0 fully saturated rings. The molecule has 0 saturated carbocycles. The van der Waals surface area contributed by atoms with Crippen molar-refractivity contribution >= 4 is 32.5 Å². The second kappa shape index (κ2) is 5.98. The van der Waals surface area contributed by atoms with Crippen LogP contribution in [0.1, 0.15) is 18.2 Å². The number of benzene rings is 1. The molecule has 1 aromatic carbocycles. The fourth-order valence-corrected chi connectivity index (χ4v) is 3.82. The number of nitrogens with zero attached hydrogens (tertiary/aromatic N) is 2. The molecule has 4 nitrogen and oxygen atoms in total. The van der Waals surface area contributed by atoms with Gasteiger partial charge in [0.2, 0.25) is 0 Å². The summed E-state index contributed by atoms with van der Waals surface area (Å²) in [7, 11) is -3.25. The summed E-state index contributed by atoms with van der Waals surface area (Å²) >= 11 is 6.31. The van der Waals surface area contributed by atoms with E-state index in [2.05, 4.69) is 15.6 Å². The molecule has 2 aromatic heterocycles. The number of aryl methyl sites for hydroxylation is 1. The predicted molar refractivity (Wildman–Crippen MR) is 92.8 cm³/mol. The van der Waals surface area contributed by atoms with Crippen LogP contribution in [0.5, 0.6) is 0 Å². The Kier molecular flexibility index (Phi) is 4.17. The van der Waals surface area contributed by atoms with Crippen molar-refractivity contribution in [3.63, 3.8) is 0 Å². The molecule has 2 heterocycles. The molecule has 3 rings (SSSR count). The zero-order valence-electron chi connectivity index (χ0n) is 13.0. The molecule has 0 bridgehead atoms. The van der Waals surface area contributed by atoms with Crippen LogP contribution in [0.3, 0.4) is 0 Å². The summed E-state index contributed by atoms with van der Waals surface area (Å²) in [6.07, 6.45) is 1.76. The lowest BCUT2D eigenvalue weighted by atomic mass is 10.2. The van der Waals surface area contributed by atoms with Crippen LogP contribution in [0.25, 0.3) is 11.0 Å². The molecule has 6 heteroatoms. The number of fused-ring (bicyclic) bond motifs is 1. The molecule has 0 amide bonds. The quantitative estimate of drug-likeness (QED) is 0.719. The number of hydrogen-bond acceptors (Lipinski definition) is 3. The molecular weight excluding hydrogens is 332 g/mol. The molecule has 0 N–H and O–H groups in total. The first-order chi connectivity index (χ1) is 10.9. The Morgan fingerprint density at radius 1 is 1.22 bits per heavy atom. The molecule has 23 heavy (non-hydrogen) atoms. The maximum Gasteiger partial charge on any atom is 0.178 e. The lowest BCUT2D eigenvalue weighted by Gasteiger charge is -2.11. The fraction of sp³-hybridized carbons (Fsp3) is 0.235. The Hall–Kier alpha value is -1.85. The highest BCUT2D eigenvalue weighted by Gasteiger charge is 2.14. The van der Waals surface area contributed by atoms with E-state index < -0.39 is 9.84 Å². The van der Waals surface area contributed by atoms with Crippen LogP contribution in [0.15, 0.2) is 47.5 Å². The minimum absolute atomic E-state index is 0.0634. The maximum absolute atomic E-state index is 11.9. The molecule has 0 unspecified atom stereocenters. The Morgan fingerprint density at radius 3 is 2.70 bits per heavy atom. The second-order valence-corrected chi connectivity index (χ2v) is 8.13. The van der Waals surface area contributed by atoms with Crippen LogP contribution >= 0.6 is 11.6 Å². The number of rotatable bonds is 4. The summed E-state index contributed by atoms with van der Waals surface area (Å²) in [5, 5.41) is 1.53. The Bertz CT molecular complexity index is 977. The molecule has 0 radical (unpaired) electrons. The lowest BCUT2D eigenvalue weighted by Crippen LogP contribution is -2.06. The molecule has 0 spiro atoms. The van der Waals surface area contributed by atoms with E-state index in [1.807, 2.05) is 19.1 Å². The van der Waals surface area contributed by atoms with Gasteiger partial charge in [-0.3, -0.25) is 0 Å². The average Bonchev–Trinajstić information content (AvgIpc) is 2.85. The van der Waals surface area contributed by atoms with Crippen LogP contribution in [-0.2, 0) is 16.4 Å². The Labute approximate surface area is 140 Å². The molecule has 0 aliphatic heterocycles. The van der Waals surface area contributed by atoms with Crippen LogP contribution in [-0.4, -0.2) is 23.7 Å². The molecular formula is C17H17ClN2O2S. The van der Waals surface area contributed by atoms with Crippen LogP contribution < -0.4 is 0 Å². The van der Waals surface area contributed by atoms with Gasteiger partial charge in [0, 0.05) is 22.3 Å². The van der Waals surface area contributed by atoms with Gasteiger partial charge in [-0.1, -0.05) is 24.6 Å². The number of halogens is 1. The van der Waals surface area contributed by atoms with E-state index in [1.165, 1.54) is 6.07 Å². The van der Waals surface area contributed by atoms with Gasteiger partial charge in [0.15, 0.2) is 9.84 Å². The van der Waals surface area contributed by atoms with Gasteiger partial charge in [0.05, 0.1) is 17.2 Å². The van der Waals surface area contributed by atoms with E-state index in [0.29, 0.717) is 11.6 Å². The van der Waals surface area contributed by atoms with E-state index in [1.54, 1.807) is 25.3 Å². The Morgan fingerprint density at radius 2 is 2.00 bits per heavy atom. The highest BCUT2D eigenvalue weighted by atomic mass is 35.5. The highest BCUT2D eigenvalue weighted by molar-refractivity contribution is 7.91. The van der Waals surface area contributed by atoms with Gasteiger partial charge < -0.3 is 4.57 Å². The molecule has 0 saturated heterocycles. The SMILES string of the molecule is CCS(=O)(=O)c1ccc(Cn2c(C)cc3cccnc32)c(Cl)c1. The lowest BCUT2D eigenvalue weighted by molar-refractivity contribution is 0.597. The summed E-state index contributed by atoms with van der Waals surface area (Å²) in [6.45, 7) is 4.20. The van der Waals surface area contributed by atoms with Gasteiger partial charge >= 0.3 is 0 Å². The van der Waals surface area contributed by atoms with E-state index in [0.717, 1.165) is 22.3 Å². The first kappa shape index (κ1) is 16.0. The highest BCUT2D eigenvalue weighted by Crippen LogP contribution is 2.25. The van der Waals surface area contributed by atoms with E-state index in [9.17, 15) is 8.42 Å². The first-order valence-electron chi connectivity index (χ1n) is 7.34. The van der Waals surface area contributed by atoms with E-state index >= 15 is 0 Å². The number of aromatic nitrogens is 2. The van der Waals surface area contributed by atoms with Gasteiger partial charge in [0.1, 0.15) is 5.65 Å². The third-order valence-electron chi connectivity index (χ3n) is 3.95. The molecule has 0 aliphatic rings. The summed E-state index contributed by atoms with van der Waals surface area (Å²) in [5.41, 5.74) is 2.85. The first-order valence-corrected chi connectivity index (χ1v) is 9.37. The molecule has 0 atom stereocenters. The van der Waals surface area contributed by atoms with Crippen molar-refractivity contribution in [1.29, 1.82) is 0 Å². The second-order valence-electron chi connectivity index (χ2n) is 5.44. The monoisotopic (exact) mass is 348 g/mol. The topological polar surface area (TPSA) is 52.0 Å². The van der Waals surface area contributed by atoms with Crippen molar-refractivity contribution in [1.82, 2.24) is 9.55 Å². The third-order valence-corrected chi connectivity index (χ3v) is 6.04. The minimum Gasteiger partial charge on any atom is -0.325 e. The van der Waals surface area contributed by atoms with Gasteiger partial charge in [-0.25, -0.2) is 13.4 Å². The van der Waals surface area contributed by atoms with Gasteiger partial charge in [0.25, 0.3) is 0 Å². The molecule has 0 aliphatic carbocycles. The average molecular weight is 349 g/mol. The largest absolute Gasteiger partial charge is 0.325 e. The zero-order valence-corrected chi connectivity index (χ0v) is 14.5. The van der Waals surface area contributed by atoms with Crippen LogP contribution in [0, 0.1) is 6.92 Å². The van der Waals surface area contributed by atoms with Crippen molar-refractivity contribution in [3.05, 3.63) is 58.9 Å². The van der Waals surface area contributed by atoms with E-state index in [-0.39, 0.29) is 10.6 Å². The number of hydrogen-bond donors (Lipinski definition) is 0. The van der Waals surface area contributed by atoms with Gasteiger partial charge in [-0.05, 0) is 42.8 Å². The number of sulfone groups is 1. The number of pyridine rings is 1. The molecule has 120 valence electrons. The van der Waals surface area contributed by atoms with Crippen molar-refractivity contribution in [2.75, 3.05) is 5.75 Å². The third kappa shape index (κ3) is 2.99. The van der Waals surface area contributed by atoms with Gasteiger partial charge in [-0.2, -0.15) is 0 Å². The van der Waals surface area contributed by atoms with Crippen molar-refractivity contribution < 1.29 is 8.42 Å². The summed E-state index contributed by atoms with van der Waals surface area (Å²) in [5.74, 6) is 0.0634. The standard InChI is InChI=1S/C17H17ClN2O2S/c1-3-23(21,22)15-7-6-14(16(18)10-15)11-20-12(2)9-13-5-4-8-19-17(13)20/h4-10H,3,11H2,1-2H3. The normalized spacial score (nSPS) is 12.0. The van der Waals surface area contributed by atoms with Gasteiger partial charge in [-0.15, -0.1) is 0 Å². The summed E-state index contributed by atoms with van der Waals surface area (Å²) in [6, 6.07) is 10.9. The maximum atomic E-state index is 11.9. The molecule has 3 aromatic rings. The van der Waals surface area contributed by atoms with Crippen molar-refractivity contribution in [2.24, 2.45) is 0 Å². The fourth-order valence-electron chi connectivity index (χ4n) is 2.60. The summed E-state index contributed by atoms with van der Waals surface area (Å²) < 4.78 is 25.9. The minimum atomic E-state index is -3.25. The Balaban J connectivity index is 2.02.